The van der Waals surface area contributed by atoms with Crippen molar-refractivity contribution in [1.82, 2.24) is 0 Å². The molecule has 4 heteroatoms. The Labute approximate surface area is 200 Å². The molecule has 33 heavy (non-hydrogen) atoms. The van der Waals surface area contributed by atoms with E-state index in [9.17, 15) is 9.18 Å². The van der Waals surface area contributed by atoms with Crippen LogP contribution in [0.1, 0.15) is 122 Å². The monoisotopic (exact) mass is 460 g/mol. The summed E-state index contributed by atoms with van der Waals surface area (Å²) in [6.45, 7) is 4.91. The quantitative estimate of drug-likeness (QED) is 0.196. The van der Waals surface area contributed by atoms with Gasteiger partial charge in [0.1, 0.15) is 11.1 Å². The average Bonchev–Trinajstić information content (AvgIpc) is 2.80. The van der Waals surface area contributed by atoms with Crippen molar-refractivity contribution >= 4 is 10.8 Å². The van der Waals surface area contributed by atoms with Gasteiger partial charge in [0.25, 0.3) is 0 Å². The highest BCUT2D eigenvalue weighted by molar-refractivity contribution is 5.83. The van der Waals surface area contributed by atoms with Crippen LogP contribution in [0.3, 0.4) is 0 Å². The van der Waals surface area contributed by atoms with E-state index in [0.717, 1.165) is 32.1 Å². The summed E-state index contributed by atoms with van der Waals surface area (Å²) in [4.78, 5) is 12.5. The SMILES string of the molecule is CCCCCCCCCCCCc1cc2ccc(OCCCCCCCC)c(F)c2c(=O)o1. The van der Waals surface area contributed by atoms with E-state index in [2.05, 4.69) is 13.8 Å². The molecule has 0 atom stereocenters. The van der Waals surface area contributed by atoms with Gasteiger partial charge in [0, 0.05) is 6.42 Å². The predicted octanol–water partition coefficient (Wildman–Crippen LogP) is 9.13. The molecule has 1 heterocycles. The highest BCUT2D eigenvalue weighted by Crippen LogP contribution is 2.26. The molecule has 0 saturated carbocycles. The van der Waals surface area contributed by atoms with Crippen LogP contribution in [0, 0.1) is 5.82 Å². The van der Waals surface area contributed by atoms with Crippen molar-refractivity contribution in [2.75, 3.05) is 6.61 Å². The summed E-state index contributed by atoms with van der Waals surface area (Å²) in [5.74, 6) is 0.190. The van der Waals surface area contributed by atoms with E-state index in [0.29, 0.717) is 17.8 Å². The van der Waals surface area contributed by atoms with Crippen LogP contribution in [0.5, 0.6) is 5.75 Å². The molecule has 0 aliphatic carbocycles. The zero-order chi connectivity index (χ0) is 23.7. The van der Waals surface area contributed by atoms with Gasteiger partial charge in [-0.3, -0.25) is 0 Å². The van der Waals surface area contributed by atoms with Crippen molar-refractivity contribution < 1.29 is 13.5 Å². The lowest BCUT2D eigenvalue weighted by Crippen LogP contribution is -2.07. The molecule has 0 saturated heterocycles. The largest absolute Gasteiger partial charge is 0.490 e. The summed E-state index contributed by atoms with van der Waals surface area (Å²) < 4.78 is 25.9. The van der Waals surface area contributed by atoms with Gasteiger partial charge in [-0.25, -0.2) is 9.18 Å². The Bertz CT molecular complexity index is 843. The van der Waals surface area contributed by atoms with Crippen LogP contribution >= 0.6 is 0 Å². The van der Waals surface area contributed by atoms with Crippen molar-refractivity contribution in [2.24, 2.45) is 0 Å². The third-order valence-electron chi connectivity index (χ3n) is 6.42. The van der Waals surface area contributed by atoms with E-state index in [-0.39, 0.29) is 11.1 Å². The van der Waals surface area contributed by atoms with E-state index >= 15 is 0 Å². The summed E-state index contributed by atoms with van der Waals surface area (Å²) in [5, 5.41) is 0.597. The first kappa shape index (κ1) is 27.4. The summed E-state index contributed by atoms with van der Waals surface area (Å²) in [5.41, 5.74) is -0.600. The van der Waals surface area contributed by atoms with E-state index in [1.807, 2.05) is 6.07 Å². The molecule has 0 amide bonds. The van der Waals surface area contributed by atoms with Gasteiger partial charge in [0.2, 0.25) is 0 Å². The lowest BCUT2D eigenvalue weighted by Gasteiger charge is -2.09. The number of unbranched alkanes of at least 4 members (excludes halogenated alkanes) is 14. The van der Waals surface area contributed by atoms with Crippen LogP contribution in [0.4, 0.5) is 4.39 Å². The first-order valence-electron chi connectivity index (χ1n) is 13.5. The van der Waals surface area contributed by atoms with Crippen LogP contribution in [0.25, 0.3) is 10.8 Å². The van der Waals surface area contributed by atoms with Crippen molar-refractivity contribution in [3.05, 3.63) is 40.2 Å². The minimum Gasteiger partial charge on any atom is -0.490 e. The number of benzene rings is 1. The fraction of sp³-hybridized carbons (Fsp3) is 0.690. The Morgan fingerprint density at radius 1 is 0.758 bits per heavy atom. The van der Waals surface area contributed by atoms with Crippen LogP contribution in [-0.4, -0.2) is 6.61 Å². The van der Waals surface area contributed by atoms with Gasteiger partial charge in [-0.2, -0.15) is 0 Å². The molecule has 0 aliphatic heterocycles. The van der Waals surface area contributed by atoms with Gasteiger partial charge >= 0.3 is 5.63 Å². The molecule has 0 unspecified atom stereocenters. The zero-order valence-electron chi connectivity index (χ0n) is 21.1. The zero-order valence-corrected chi connectivity index (χ0v) is 21.1. The fourth-order valence-electron chi connectivity index (χ4n) is 4.36. The van der Waals surface area contributed by atoms with Crippen LogP contribution in [0.15, 0.2) is 27.4 Å². The summed E-state index contributed by atoms with van der Waals surface area (Å²) >= 11 is 0. The van der Waals surface area contributed by atoms with Crippen molar-refractivity contribution in [3.8, 4) is 5.75 Å². The normalized spacial score (nSPS) is 11.4. The van der Waals surface area contributed by atoms with E-state index in [4.69, 9.17) is 9.15 Å². The number of halogens is 1. The molecule has 186 valence electrons. The number of aryl methyl sites for hydroxylation is 1. The minimum absolute atomic E-state index is 0.00210. The van der Waals surface area contributed by atoms with E-state index < -0.39 is 11.4 Å². The van der Waals surface area contributed by atoms with Gasteiger partial charge < -0.3 is 9.15 Å². The maximum Gasteiger partial charge on any atom is 0.346 e. The summed E-state index contributed by atoms with van der Waals surface area (Å²) in [6, 6.07) is 5.22. The lowest BCUT2D eigenvalue weighted by atomic mass is 10.0. The van der Waals surface area contributed by atoms with Gasteiger partial charge in [-0.1, -0.05) is 110 Å². The van der Waals surface area contributed by atoms with Gasteiger partial charge in [0.15, 0.2) is 11.6 Å². The van der Waals surface area contributed by atoms with Gasteiger partial charge in [-0.15, -0.1) is 0 Å². The molecule has 0 spiro atoms. The highest BCUT2D eigenvalue weighted by Gasteiger charge is 2.14. The molecule has 0 bridgehead atoms. The predicted molar refractivity (Wildman–Crippen MR) is 137 cm³/mol. The molecule has 2 rings (SSSR count). The molecule has 1 aromatic heterocycles. The molecule has 0 N–H and O–H groups in total. The maximum atomic E-state index is 14.9. The Kier molecular flexibility index (Phi) is 13.9. The van der Waals surface area contributed by atoms with Crippen LogP contribution < -0.4 is 10.4 Å². The van der Waals surface area contributed by atoms with Crippen molar-refractivity contribution in [1.29, 1.82) is 0 Å². The molecular weight excluding hydrogens is 415 g/mol. The third kappa shape index (κ3) is 10.3. The molecular formula is C29H45FO3. The number of ether oxygens (including phenoxy) is 1. The first-order chi connectivity index (χ1) is 16.2. The molecule has 3 nitrogen and oxygen atoms in total. The molecule has 0 fully saturated rings. The van der Waals surface area contributed by atoms with Crippen LogP contribution in [0.2, 0.25) is 0 Å². The Morgan fingerprint density at radius 2 is 1.30 bits per heavy atom. The second kappa shape index (κ2) is 16.7. The van der Waals surface area contributed by atoms with Crippen LogP contribution in [-0.2, 0) is 6.42 Å². The average molecular weight is 461 g/mol. The molecule has 0 aliphatic rings. The fourth-order valence-corrected chi connectivity index (χ4v) is 4.36. The van der Waals surface area contributed by atoms with Crippen molar-refractivity contribution in [2.45, 2.75) is 123 Å². The summed E-state index contributed by atoms with van der Waals surface area (Å²) in [6.07, 6.45) is 20.3. The van der Waals surface area contributed by atoms with Gasteiger partial charge in [-0.05, 0) is 30.4 Å². The Hall–Kier alpha value is -1.84. The summed E-state index contributed by atoms with van der Waals surface area (Å²) in [7, 11) is 0. The third-order valence-corrected chi connectivity index (χ3v) is 6.42. The number of hydrogen-bond donors (Lipinski definition) is 0. The second-order valence-electron chi connectivity index (χ2n) is 9.39. The molecule has 2 aromatic rings. The highest BCUT2D eigenvalue weighted by atomic mass is 19.1. The first-order valence-corrected chi connectivity index (χ1v) is 13.5. The Morgan fingerprint density at radius 3 is 1.91 bits per heavy atom. The standard InChI is InChI=1S/C29H45FO3/c1-3-5-7-9-11-12-13-14-15-17-19-25-23-24-20-21-26(28(30)27(24)29(31)33-25)32-22-18-16-10-8-6-4-2/h20-21,23H,3-19,22H2,1-2H3. The van der Waals surface area contributed by atoms with Crippen molar-refractivity contribution in [3.63, 3.8) is 0 Å². The number of hydrogen-bond acceptors (Lipinski definition) is 3. The smallest absolute Gasteiger partial charge is 0.346 e. The maximum absolute atomic E-state index is 14.9. The van der Waals surface area contributed by atoms with E-state index in [1.165, 1.54) is 77.0 Å². The topological polar surface area (TPSA) is 39.4 Å². The minimum atomic E-state index is -0.600. The molecule has 0 radical (unpaired) electrons. The molecule has 1 aromatic carbocycles. The number of fused-ring (bicyclic) bond motifs is 1. The van der Waals surface area contributed by atoms with Gasteiger partial charge in [0.05, 0.1) is 6.61 Å². The Balaban J connectivity index is 1.75. The number of rotatable bonds is 19. The second-order valence-corrected chi connectivity index (χ2v) is 9.39. The van der Waals surface area contributed by atoms with E-state index in [1.54, 1.807) is 12.1 Å². The lowest BCUT2D eigenvalue weighted by molar-refractivity contribution is 0.291.